The van der Waals surface area contributed by atoms with Gasteiger partial charge in [0.2, 0.25) is 5.91 Å². The van der Waals surface area contributed by atoms with E-state index < -0.39 is 0 Å². The molecule has 27 heavy (non-hydrogen) atoms. The second-order valence-electron chi connectivity index (χ2n) is 7.27. The van der Waals surface area contributed by atoms with Gasteiger partial charge in [-0.05, 0) is 42.6 Å². The summed E-state index contributed by atoms with van der Waals surface area (Å²) < 4.78 is 11.3. The normalized spacial score (nSPS) is 19.1. The van der Waals surface area contributed by atoms with Crippen LogP contribution in [-0.2, 0) is 11.3 Å². The van der Waals surface area contributed by atoms with E-state index in [9.17, 15) is 4.79 Å². The van der Waals surface area contributed by atoms with Crippen LogP contribution in [-0.4, -0.2) is 49.1 Å². The highest BCUT2D eigenvalue weighted by Crippen LogP contribution is 2.37. The average molecular weight is 366 g/mol. The van der Waals surface area contributed by atoms with Crippen LogP contribution in [0.25, 0.3) is 0 Å². The van der Waals surface area contributed by atoms with Crippen LogP contribution in [0.4, 0.5) is 0 Å². The van der Waals surface area contributed by atoms with Crippen LogP contribution in [0.15, 0.2) is 48.5 Å². The van der Waals surface area contributed by atoms with Crippen molar-refractivity contribution in [1.82, 2.24) is 9.80 Å². The number of hydrogen-bond acceptors (Lipinski definition) is 4. The Morgan fingerprint density at radius 1 is 1.11 bits per heavy atom. The standard InChI is InChI=1S/C22H26N2O3/c1-23(15-17-6-3-2-4-7-17)22(25)16-24-11-5-8-19(24)18-9-10-20-21(14-18)27-13-12-26-20/h2-4,6-7,9-10,14,19H,5,8,11-13,15-16H2,1H3/t19-/m0/s1. The third-order valence-corrected chi connectivity index (χ3v) is 5.34. The molecule has 4 rings (SSSR count). The quantitative estimate of drug-likeness (QED) is 0.815. The first kappa shape index (κ1) is 17.9. The molecule has 2 heterocycles. The highest BCUT2D eigenvalue weighted by atomic mass is 16.6. The molecule has 0 radical (unpaired) electrons. The lowest BCUT2D eigenvalue weighted by Crippen LogP contribution is -2.37. The molecule has 0 saturated carbocycles. The van der Waals surface area contributed by atoms with Gasteiger partial charge in [0, 0.05) is 19.6 Å². The number of benzene rings is 2. The zero-order valence-corrected chi connectivity index (χ0v) is 15.8. The lowest BCUT2D eigenvalue weighted by atomic mass is 10.0. The monoisotopic (exact) mass is 366 g/mol. The van der Waals surface area contributed by atoms with Gasteiger partial charge >= 0.3 is 0 Å². The van der Waals surface area contributed by atoms with Gasteiger partial charge in [-0.1, -0.05) is 36.4 Å². The maximum Gasteiger partial charge on any atom is 0.236 e. The Balaban J connectivity index is 1.41. The molecule has 2 aromatic carbocycles. The van der Waals surface area contributed by atoms with E-state index in [0.29, 0.717) is 26.3 Å². The maximum absolute atomic E-state index is 12.8. The fourth-order valence-corrected chi connectivity index (χ4v) is 3.90. The Morgan fingerprint density at radius 3 is 2.70 bits per heavy atom. The third kappa shape index (κ3) is 4.08. The van der Waals surface area contributed by atoms with E-state index in [1.807, 2.05) is 36.2 Å². The number of fused-ring (bicyclic) bond motifs is 1. The first-order chi connectivity index (χ1) is 13.2. The van der Waals surface area contributed by atoms with Crippen LogP contribution in [0.2, 0.25) is 0 Å². The summed E-state index contributed by atoms with van der Waals surface area (Å²) in [6.45, 7) is 3.23. The zero-order valence-electron chi connectivity index (χ0n) is 15.8. The molecule has 1 amide bonds. The fraction of sp³-hybridized carbons (Fsp3) is 0.409. The topological polar surface area (TPSA) is 42.0 Å². The van der Waals surface area contributed by atoms with E-state index in [1.165, 1.54) is 5.56 Å². The number of likely N-dealkylation sites (tertiary alicyclic amines) is 1. The molecule has 0 N–H and O–H groups in total. The Morgan fingerprint density at radius 2 is 1.89 bits per heavy atom. The number of carbonyl (C=O) groups is 1. The van der Waals surface area contributed by atoms with Crippen molar-refractivity contribution in [2.75, 3.05) is 33.4 Å². The summed E-state index contributed by atoms with van der Waals surface area (Å²) in [6, 6.07) is 16.5. The number of nitrogens with zero attached hydrogens (tertiary/aromatic N) is 2. The number of ether oxygens (including phenoxy) is 2. The Labute approximate surface area is 160 Å². The van der Waals surface area contributed by atoms with E-state index in [0.717, 1.165) is 36.4 Å². The number of amides is 1. The van der Waals surface area contributed by atoms with E-state index >= 15 is 0 Å². The number of carbonyl (C=O) groups excluding carboxylic acids is 1. The molecule has 142 valence electrons. The second-order valence-corrected chi connectivity index (χ2v) is 7.27. The van der Waals surface area contributed by atoms with Crippen molar-refractivity contribution in [1.29, 1.82) is 0 Å². The minimum atomic E-state index is 0.156. The zero-order chi connectivity index (χ0) is 18.6. The summed E-state index contributed by atoms with van der Waals surface area (Å²) in [5.74, 6) is 1.79. The molecule has 5 heteroatoms. The number of likely N-dealkylation sites (N-methyl/N-ethyl adjacent to an activating group) is 1. The van der Waals surface area contributed by atoms with Crippen molar-refractivity contribution in [3.63, 3.8) is 0 Å². The van der Waals surface area contributed by atoms with Crippen LogP contribution >= 0.6 is 0 Å². The summed E-state index contributed by atoms with van der Waals surface area (Å²) in [6.07, 6.45) is 2.17. The summed E-state index contributed by atoms with van der Waals surface area (Å²) in [5, 5.41) is 0. The van der Waals surface area contributed by atoms with Crippen molar-refractivity contribution in [3.05, 3.63) is 59.7 Å². The van der Waals surface area contributed by atoms with Gasteiger partial charge in [-0.3, -0.25) is 9.69 Å². The average Bonchev–Trinajstić information content (AvgIpc) is 3.16. The predicted molar refractivity (Wildman–Crippen MR) is 104 cm³/mol. The van der Waals surface area contributed by atoms with Gasteiger partial charge in [-0.25, -0.2) is 0 Å². The molecule has 0 unspecified atom stereocenters. The molecule has 1 atom stereocenters. The molecular formula is C22H26N2O3. The van der Waals surface area contributed by atoms with Crippen LogP contribution < -0.4 is 9.47 Å². The molecular weight excluding hydrogens is 340 g/mol. The van der Waals surface area contributed by atoms with Crippen molar-refractivity contribution < 1.29 is 14.3 Å². The number of hydrogen-bond donors (Lipinski definition) is 0. The lowest BCUT2D eigenvalue weighted by Gasteiger charge is -2.28. The van der Waals surface area contributed by atoms with Crippen molar-refractivity contribution in [2.45, 2.75) is 25.4 Å². The first-order valence-corrected chi connectivity index (χ1v) is 9.62. The van der Waals surface area contributed by atoms with Crippen molar-refractivity contribution in [2.24, 2.45) is 0 Å². The van der Waals surface area contributed by atoms with E-state index in [-0.39, 0.29) is 11.9 Å². The first-order valence-electron chi connectivity index (χ1n) is 9.62. The molecule has 0 bridgehead atoms. The summed E-state index contributed by atoms with van der Waals surface area (Å²) >= 11 is 0. The fourth-order valence-electron chi connectivity index (χ4n) is 3.90. The Bertz CT molecular complexity index is 793. The van der Waals surface area contributed by atoms with Crippen LogP contribution in [0, 0.1) is 0 Å². The van der Waals surface area contributed by atoms with Gasteiger partial charge < -0.3 is 14.4 Å². The van der Waals surface area contributed by atoms with E-state index in [2.05, 4.69) is 29.2 Å². The van der Waals surface area contributed by atoms with Crippen molar-refractivity contribution in [3.8, 4) is 11.5 Å². The Hall–Kier alpha value is -2.53. The van der Waals surface area contributed by atoms with Gasteiger partial charge in [0.1, 0.15) is 13.2 Å². The molecule has 0 aliphatic carbocycles. The summed E-state index contributed by atoms with van der Waals surface area (Å²) in [7, 11) is 1.88. The SMILES string of the molecule is CN(Cc1ccccc1)C(=O)CN1CCC[C@H]1c1ccc2c(c1)OCCO2. The van der Waals surface area contributed by atoms with Crippen LogP contribution in [0.1, 0.15) is 30.0 Å². The predicted octanol–water partition coefficient (Wildman–Crippen LogP) is 3.25. The Kier molecular flexibility index (Phi) is 5.30. The largest absolute Gasteiger partial charge is 0.486 e. The molecule has 2 aliphatic rings. The second kappa shape index (κ2) is 8.01. The third-order valence-electron chi connectivity index (χ3n) is 5.34. The molecule has 0 aromatic heterocycles. The minimum Gasteiger partial charge on any atom is -0.486 e. The van der Waals surface area contributed by atoms with Gasteiger partial charge in [-0.2, -0.15) is 0 Å². The summed E-state index contributed by atoms with van der Waals surface area (Å²) in [4.78, 5) is 16.9. The molecule has 2 aliphatic heterocycles. The van der Waals surface area contributed by atoms with Gasteiger partial charge in [0.25, 0.3) is 0 Å². The maximum atomic E-state index is 12.8. The van der Waals surface area contributed by atoms with E-state index in [1.54, 1.807) is 0 Å². The smallest absolute Gasteiger partial charge is 0.236 e. The van der Waals surface area contributed by atoms with Gasteiger partial charge in [-0.15, -0.1) is 0 Å². The van der Waals surface area contributed by atoms with Crippen molar-refractivity contribution >= 4 is 5.91 Å². The van der Waals surface area contributed by atoms with Gasteiger partial charge in [0.05, 0.1) is 6.54 Å². The molecule has 2 aromatic rings. The highest BCUT2D eigenvalue weighted by molar-refractivity contribution is 5.78. The number of rotatable bonds is 5. The van der Waals surface area contributed by atoms with Crippen LogP contribution in [0.3, 0.4) is 0 Å². The molecule has 1 saturated heterocycles. The molecule has 0 spiro atoms. The summed E-state index contributed by atoms with van der Waals surface area (Å²) in [5.41, 5.74) is 2.36. The lowest BCUT2D eigenvalue weighted by molar-refractivity contribution is -0.131. The van der Waals surface area contributed by atoms with E-state index in [4.69, 9.17) is 9.47 Å². The molecule has 1 fully saturated rings. The minimum absolute atomic E-state index is 0.156. The molecule has 5 nitrogen and oxygen atoms in total. The highest BCUT2D eigenvalue weighted by Gasteiger charge is 2.29. The van der Waals surface area contributed by atoms with Gasteiger partial charge in [0.15, 0.2) is 11.5 Å². The van der Waals surface area contributed by atoms with Crippen LogP contribution in [0.5, 0.6) is 11.5 Å².